The number of methoxy groups -OCH3 is 1. The lowest BCUT2D eigenvalue weighted by Crippen LogP contribution is -2.38. The van der Waals surface area contributed by atoms with Crippen molar-refractivity contribution in [3.63, 3.8) is 0 Å². The van der Waals surface area contributed by atoms with E-state index in [1.165, 1.54) is 0 Å². The summed E-state index contributed by atoms with van der Waals surface area (Å²) in [5.74, 6) is 1.53. The van der Waals surface area contributed by atoms with Crippen LogP contribution >= 0.6 is 24.0 Å². The molecule has 0 aliphatic carbocycles. The largest absolute Gasteiger partial charge is 0.497 e. The summed E-state index contributed by atoms with van der Waals surface area (Å²) in [6.45, 7) is 4.99. The highest BCUT2D eigenvalue weighted by Gasteiger charge is 1.99. The van der Waals surface area contributed by atoms with Crippen molar-refractivity contribution in [3.8, 4) is 5.75 Å². The van der Waals surface area contributed by atoms with E-state index in [4.69, 9.17) is 9.47 Å². The number of nitrogens with one attached hydrogen (secondary N) is 2. The van der Waals surface area contributed by atoms with Crippen molar-refractivity contribution >= 4 is 29.9 Å². The molecule has 0 saturated carbocycles. The molecule has 0 atom stereocenters. The second-order valence-corrected chi connectivity index (χ2v) is 4.96. The molecule has 1 aromatic carbocycles. The number of aliphatic imine (C=N–C) groups is 1. The summed E-state index contributed by atoms with van der Waals surface area (Å²) < 4.78 is 22.7. The van der Waals surface area contributed by atoms with Crippen LogP contribution < -0.4 is 15.4 Å². The van der Waals surface area contributed by atoms with Crippen molar-refractivity contribution in [3.05, 3.63) is 29.8 Å². The van der Waals surface area contributed by atoms with Gasteiger partial charge in [0, 0.05) is 26.3 Å². The summed E-state index contributed by atoms with van der Waals surface area (Å²) in [4.78, 5) is 4.53. The van der Waals surface area contributed by atoms with Gasteiger partial charge in [-0.15, -0.1) is 24.0 Å². The first-order chi connectivity index (χ1) is 11.3. The van der Waals surface area contributed by atoms with Gasteiger partial charge in [-0.3, -0.25) is 4.39 Å². The van der Waals surface area contributed by atoms with Gasteiger partial charge in [-0.25, -0.2) is 4.99 Å². The van der Waals surface area contributed by atoms with Crippen molar-refractivity contribution in [1.29, 1.82) is 0 Å². The number of benzene rings is 1. The lowest BCUT2D eigenvalue weighted by atomic mass is 10.2. The van der Waals surface area contributed by atoms with Crippen LogP contribution in [0.4, 0.5) is 4.39 Å². The van der Waals surface area contributed by atoms with Crippen molar-refractivity contribution < 1.29 is 13.9 Å². The Balaban J connectivity index is 0.00000529. The van der Waals surface area contributed by atoms with E-state index in [0.29, 0.717) is 25.5 Å². The molecule has 1 aromatic rings. The lowest BCUT2D eigenvalue weighted by Gasteiger charge is -2.12. The highest BCUT2D eigenvalue weighted by Crippen LogP contribution is 2.11. The van der Waals surface area contributed by atoms with Gasteiger partial charge in [0.15, 0.2) is 5.96 Å². The Labute approximate surface area is 161 Å². The summed E-state index contributed by atoms with van der Waals surface area (Å²) in [7, 11) is 1.65. The van der Waals surface area contributed by atoms with Crippen molar-refractivity contribution in [1.82, 2.24) is 10.6 Å². The average Bonchev–Trinajstić information content (AvgIpc) is 2.59. The van der Waals surface area contributed by atoms with Gasteiger partial charge in [0.25, 0.3) is 0 Å². The molecule has 0 fully saturated rings. The predicted molar refractivity (Wildman–Crippen MR) is 107 cm³/mol. The topological polar surface area (TPSA) is 54.9 Å². The molecule has 0 heterocycles. The van der Waals surface area contributed by atoms with Crippen molar-refractivity contribution in [2.75, 3.05) is 40.1 Å². The van der Waals surface area contributed by atoms with E-state index in [0.717, 1.165) is 37.5 Å². The van der Waals surface area contributed by atoms with Crippen LogP contribution in [0.15, 0.2) is 29.3 Å². The minimum Gasteiger partial charge on any atom is -0.497 e. The second-order valence-electron chi connectivity index (χ2n) is 4.96. The third kappa shape index (κ3) is 10.6. The fraction of sp³-hybridized carbons (Fsp3) is 0.588. The minimum absolute atomic E-state index is 0. The summed E-state index contributed by atoms with van der Waals surface area (Å²) in [5, 5.41) is 6.38. The molecule has 2 N–H and O–H groups in total. The standard InChI is InChI=1S/C17H28FN3O2.HI/c1-3-23-13-5-12-20-17(19-11-4-10-18)21-14-15-6-8-16(22-2)9-7-15;/h6-9H,3-5,10-14H2,1-2H3,(H2,19,20,21);1H. The van der Waals surface area contributed by atoms with Crippen molar-refractivity contribution in [2.45, 2.75) is 26.3 Å². The molecule has 5 nitrogen and oxygen atoms in total. The van der Waals surface area contributed by atoms with Gasteiger partial charge in [0.2, 0.25) is 0 Å². The van der Waals surface area contributed by atoms with Gasteiger partial charge in [-0.1, -0.05) is 12.1 Å². The summed E-state index contributed by atoms with van der Waals surface area (Å²) in [5.41, 5.74) is 1.09. The van der Waals surface area contributed by atoms with E-state index >= 15 is 0 Å². The first-order valence-corrected chi connectivity index (χ1v) is 8.09. The zero-order valence-electron chi connectivity index (χ0n) is 14.5. The third-order valence-corrected chi connectivity index (χ3v) is 3.14. The maximum absolute atomic E-state index is 12.2. The normalized spacial score (nSPS) is 10.9. The Hall–Kier alpha value is -1.09. The summed E-state index contributed by atoms with van der Waals surface area (Å²) in [6.07, 6.45) is 1.38. The molecule has 0 saturated heterocycles. The number of hydrogen-bond donors (Lipinski definition) is 2. The smallest absolute Gasteiger partial charge is 0.191 e. The number of hydrogen-bond acceptors (Lipinski definition) is 3. The summed E-state index contributed by atoms with van der Waals surface area (Å²) >= 11 is 0. The molecular weight excluding hydrogens is 424 g/mol. The molecule has 138 valence electrons. The highest BCUT2D eigenvalue weighted by molar-refractivity contribution is 14.0. The SMILES string of the molecule is CCOCCCNC(=NCc1ccc(OC)cc1)NCCCF.I. The molecule has 0 aromatic heterocycles. The molecule has 0 aliphatic heterocycles. The van der Waals surface area contributed by atoms with Gasteiger partial charge in [-0.05, 0) is 37.5 Å². The summed E-state index contributed by atoms with van der Waals surface area (Å²) in [6, 6.07) is 7.79. The zero-order chi connectivity index (χ0) is 16.8. The fourth-order valence-electron chi connectivity index (χ4n) is 1.87. The maximum atomic E-state index is 12.2. The number of rotatable bonds is 11. The van der Waals surface area contributed by atoms with Gasteiger partial charge in [-0.2, -0.15) is 0 Å². The zero-order valence-corrected chi connectivity index (χ0v) is 16.8. The quantitative estimate of drug-likeness (QED) is 0.234. The van der Waals surface area contributed by atoms with Crippen LogP contribution in [0.1, 0.15) is 25.3 Å². The van der Waals surface area contributed by atoms with Crippen LogP contribution in [-0.2, 0) is 11.3 Å². The molecule has 0 radical (unpaired) electrons. The van der Waals surface area contributed by atoms with Crippen LogP contribution in [0.25, 0.3) is 0 Å². The second kappa shape index (κ2) is 15.4. The number of ether oxygens (including phenoxy) is 2. The fourth-order valence-corrected chi connectivity index (χ4v) is 1.87. The van der Waals surface area contributed by atoms with E-state index in [2.05, 4.69) is 15.6 Å². The van der Waals surface area contributed by atoms with Crippen LogP contribution in [0.5, 0.6) is 5.75 Å². The molecule has 0 unspecified atom stereocenters. The first kappa shape index (κ1) is 22.9. The van der Waals surface area contributed by atoms with Gasteiger partial charge in [0.05, 0.1) is 20.3 Å². The van der Waals surface area contributed by atoms with Gasteiger partial charge >= 0.3 is 0 Å². The minimum atomic E-state index is -0.330. The Morgan fingerprint density at radius 1 is 1.12 bits per heavy atom. The predicted octanol–water partition coefficient (Wildman–Crippen LogP) is 3.13. The van der Waals surface area contributed by atoms with E-state index in [1.54, 1.807) is 7.11 Å². The molecule has 0 spiro atoms. The van der Waals surface area contributed by atoms with Crippen LogP contribution in [0.3, 0.4) is 0 Å². The maximum Gasteiger partial charge on any atom is 0.191 e. The van der Waals surface area contributed by atoms with Crippen molar-refractivity contribution in [2.24, 2.45) is 4.99 Å². The first-order valence-electron chi connectivity index (χ1n) is 8.09. The van der Waals surface area contributed by atoms with Gasteiger partial charge < -0.3 is 20.1 Å². The average molecular weight is 453 g/mol. The Morgan fingerprint density at radius 3 is 2.38 bits per heavy atom. The van der Waals surface area contributed by atoms with Crippen LogP contribution in [0.2, 0.25) is 0 Å². The van der Waals surface area contributed by atoms with E-state index in [-0.39, 0.29) is 30.7 Å². The third-order valence-electron chi connectivity index (χ3n) is 3.14. The Morgan fingerprint density at radius 2 is 1.79 bits per heavy atom. The number of nitrogens with zero attached hydrogens (tertiary/aromatic N) is 1. The highest BCUT2D eigenvalue weighted by atomic mass is 127. The molecule has 0 aliphatic rings. The monoisotopic (exact) mass is 453 g/mol. The number of halogens is 2. The molecule has 24 heavy (non-hydrogen) atoms. The molecule has 0 amide bonds. The molecule has 7 heteroatoms. The van der Waals surface area contributed by atoms with E-state index in [1.807, 2.05) is 31.2 Å². The van der Waals surface area contributed by atoms with E-state index < -0.39 is 0 Å². The lowest BCUT2D eigenvalue weighted by molar-refractivity contribution is 0.145. The molecule has 0 bridgehead atoms. The molecular formula is C17H29FIN3O2. The number of guanidine groups is 1. The Bertz CT molecular complexity index is 444. The molecule has 1 rings (SSSR count). The number of alkyl halides is 1. The van der Waals surface area contributed by atoms with E-state index in [9.17, 15) is 4.39 Å². The Kier molecular flexibility index (Phi) is 14.7. The van der Waals surface area contributed by atoms with Crippen LogP contribution in [0, 0.1) is 0 Å². The van der Waals surface area contributed by atoms with Crippen LogP contribution in [-0.4, -0.2) is 46.0 Å². The van der Waals surface area contributed by atoms with Gasteiger partial charge in [0.1, 0.15) is 5.75 Å².